The maximum absolute atomic E-state index is 10.8. The Morgan fingerprint density at radius 2 is 2.07 bits per heavy atom. The van der Waals surface area contributed by atoms with E-state index in [2.05, 4.69) is 13.8 Å². The quantitative estimate of drug-likeness (QED) is 0.716. The maximum atomic E-state index is 10.8. The fourth-order valence-electron chi connectivity index (χ4n) is 1.37. The SMILES string of the molecule is CCC(CC)Oc1cccc(Cl)c1C=O. The highest BCUT2D eigenvalue weighted by atomic mass is 35.5. The molecule has 0 amide bonds. The predicted octanol–water partition coefficient (Wildman–Crippen LogP) is 3.72. The Balaban J connectivity index is 2.93. The molecule has 0 radical (unpaired) electrons. The molecule has 0 unspecified atom stereocenters. The van der Waals surface area contributed by atoms with Gasteiger partial charge in [0.15, 0.2) is 6.29 Å². The number of rotatable bonds is 5. The summed E-state index contributed by atoms with van der Waals surface area (Å²) in [7, 11) is 0. The Bertz CT molecular complexity index is 332. The lowest BCUT2D eigenvalue weighted by molar-refractivity contribution is 0.111. The normalized spacial score (nSPS) is 10.4. The molecule has 0 saturated heterocycles. The van der Waals surface area contributed by atoms with Crippen molar-refractivity contribution in [3.63, 3.8) is 0 Å². The maximum Gasteiger partial charge on any atom is 0.155 e. The zero-order valence-electron chi connectivity index (χ0n) is 9.00. The summed E-state index contributed by atoms with van der Waals surface area (Å²) in [4.78, 5) is 10.8. The summed E-state index contributed by atoms with van der Waals surface area (Å²) in [6.45, 7) is 4.11. The summed E-state index contributed by atoms with van der Waals surface area (Å²) in [5, 5.41) is 0.438. The lowest BCUT2D eigenvalue weighted by atomic mass is 10.2. The molecule has 15 heavy (non-hydrogen) atoms. The molecule has 0 N–H and O–H groups in total. The van der Waals surface area contributed by atoms with E-state index in [0.29, 0.717) is 16.3 Å². The van der Waals surface area contributed by atoms with Gasteiger partial charge >= 0.3 is 0 Å². The van der Waals surface area contributed by atoms with Crippen molar-refractivity contribution in [3.05, 3.63) is 28.8 Å². The number of carbonyl (C=O) groups excluding carboxylic acids is 1. The number of hydrogen-bond donors (Lipinski definition) is 0. The van der Waals surface area contributed by atoms with Crippen molar-refractivity contribution >= 4 is 17.9 Å². The van der Waals surface area contributed by atoms with Crippen LogP contribution in [0.4, 0.5) is 0 Å². The third-order valence-electron chi connectivity index (χ3n) is 2.34. The lowest BCUT2D eigenvalue weighted by Gasteiger charge is -2.17. The first kappa shape index (κ1) is 12.1. The van der Waals surface area contributed by atoms with E-state index in [-0.39, 0.29) is 6.10 Å². The van der Waals surface area contributed by atoms with Gasteiger partial charge in [0.25, 0.3) is 0 Å². The Morgan fingerprint density at radius 1 is 1.40 bits per heavy atom. The van der Waals surface area contributed by atoms with Gasteiger partial charge in [0, 0.05) is 0 Å². The van der Waals surface area contributed by atoms with E-state index >= 15 is 0 Å². The summed E-state index contributed by atoms with van der Waals surface area (Å²) in [6, 6.07) is 5.24. The summed E-state index contributed by atoms with van der Waals surface area (Å²) < 4.78 is 5.70. The van der Waals surface area contributed by atoms with E-state index in [1.165, 1.54) is 0 Å². The van der Waals surface area contributed by atoms with E-state index in [4.69, 9.17) is 16.3 Å². The van der Waals surface area contributed by atoms with Crippen LogP contribution in [-0.4, -0.2) is 12.4 Å². The first-order chi connectivity index (χ1) is 7.22. The van der Waals surface area contributed by atoms with Gasteiger partial charge in [0.05, 0.1) is 16.7 Å². The molecule has 1 aromatic carbocycles. The van der Waals surface area contributed by atoms with Crippen LogP contribution in [0.15, 0.2) is 18.2 Å². The van der Waals surface area contributed by atoms with Crippen molar-refractivity contribution in [2.45, 2.75) is 32.8 Å². The third kappa shape index (κ3) is 2.96. The van der Waals surface area contributed by atoms with Gasteiger partial charge in [-0.1, -0.05) is 31.5 Å². The second-order valence-electron chi connectivity index (χ2n) is 3.33. The van der Waals surface area contributed by atoms with E-state index in [0.717, 1.165) is 19.1 Å². The number of aldehydes is 1. The summed E-state index contributed by atoms with van der Waals surface area (Å²) >= 11 is 5.89. The third-order valence-corrected chi connectivity index (χ3v) is 2.66. The molecule has 0 aliphatic heterocycles. The molecule has 3 heteroatoms. The van der Waals surface area contributed by atoms with E-state index in [1.807, 2.05) is 0 Å². The number of ether oxygens (including phenoxy) is 1. The van der Waals surface area contributed by atoms with Gasteiger partial charge in [-0.2, -0.15) is 0 Å². The number of carbonyl (C=O) groups is 1. The fourth-order valence-corrected chi connectivity index (χ4v) is 1.58. The van der Waals surface area contributed by atoms with Gasteiger partial charge < -0.3 is 4.74 Å². The van der Waals surface area contributed by atoms with Gasteiger partial charge in [-0.25, -0.2) is 0 Å². The first-order valence-corrected chi connectivity index (χ1v) is 5.51. The second kappa shape index (κ2) is 5.76. The van der Waals surface area contributed by atoms with Crippen molar-refractivity contribution in [2.75, 3.05) is 0 Å². The zero-order valence-corrected chi connectivity index (χ0v) is 9.75. The molecule has 82 valence electrons. The van der Waals surface area contributed by atoms with Gasteiger partial charge in [-0.3, -0.25) is 4.79 Å². The molecule has 0 aromatic heterocycles. The molecule has 0 spiro atoms. The summed E-state index contributed by atoms with van der Waals surface area (Å²) in [6.07, 6.45) is 2.71. The van der Waals surface area contributed by atoms with Crippen molar-refractivity contribution in [1.82, 2.24) is 0 Å². The molecular weight excluding hydrogens is 212 g/mol. The number of halogens is 1. The number of hydrogen-bond acceptors (Lipinski definition) is 2. The van der Waals surface area contributed by atoms with Gasteiger partial charge in [-0.15, -0.1) is 0 Å². The van der Waals surface area contributed by atoms with Crippen LogP contribution < -0.4 is 4.74 Å². The Kier molecular flexibility index (Phi) is 4.63. The topological polar surface area (TPSA) is 26.3 Å². The van der Waals surface area contributed by atoms with Crippen LogP contribution in [0.1, 0.15) is 37.0 Å². The minimum atomic E-state index is 0.141. The van der Waals surface area contributed by atoms with Crippen molar-refractivity contribution < 1.29 is 9.53 Å². The fraction of sp³-hybridized carbons (Fsp3) is 0.417. The first-order valence-electron chi connectivity index (χ1n) is 5.13. The molecule has 0 saturated carbocycles. The smallest absolute Gasteiger partial charge is 0.155 e. The van der Waals surface area contributed by atoms with Gasteiger partial charge in [-0.05, 0) is 25.0 Å². The molecular formula is C12H15ClO2. The molecule has 0 bridgehead atoms. The largest absolute Gasteiger partial charge is 0.490 e. The van der Waals surface area contributed by atoms with Crippen LogP contribution in [0, 0.1) is 0 Å². The van der Waals surface area contributed by atoms with Gasteiger partial charge in [0.2, 0.25) is 0 Å². The molecule has 1 aromatic rings. The monoisotopic (exact) mass is 226 g/mol. The molecule has 0 aliphatic rings. The van der Waals surface area contributed by atoms with Crippen LogP contribution in [0.2, 0.25) is 5.02 Å². The Hall–Kier alpha value is -1.02. The minimum Gasteiger partial charge on any atom is -0.490 e. The Morgan fingerprint density at radius 3 is 2.60 bits per heavy atom. The van der Waals surface area contributed by atoms with Crippen LogP contribution >= 0.6 is 11.6 Å². The zero-order chi connectivity index (χ0) is 11.3. The summed E-state index contributed by atoms with van der Waals surface area (Å²) in [5.41, 5.74) is 0.436. The van der Waals surface area contributed by atoms with E-state index < -0.39 is 0 Å². The van der Waals surface area contributed by atoms with Crippen LogP contribution in [-0.2, 0) is 0 Å². The highest BCUT2D eigenvalue weighted by molar-refractivity contribution is 6.33. The number of benzene rings is 1. The second-order valence-corrected chi connectivity index (χ2v) is 3.73. The van der Waals surface area contributed by atoms with E-state index in [9.17, 15) is 4.79 Å². The van der Waals surface area contributed by atoms with Crippen molar-refractivity contribution in [1.29, 1.82) is 0 Å². The van der Waals surface area contributed by atoms with Gasteiger partial charge in [0.1, 0.15) is 5.75 Å². The average molecular weight is 227 g/mol. The molecule has 0 heterocycles. The summed E-state index contributed by atoms with van der Waals surface area (Å²) in [5.74, 6) is 0.575. The molecule has 2 nitrogen and oxygen atoms in total. The van der Waals surface area contributed by atoms with Crippen LogP contribution in [0.5, 0.6) is 5.75 Å². The lowest BCUT2D eigenvalue weighted by Crippen LogP contribution is -2.14. The molecule has 1 rings (SSSR count). The van der Waals surface area contributed by atoms with Crippen LogP contribution in [0.25, 0.3) is 0 Å². The highest BCUT2D eigenvalue weighted by Crippen LogP contribution is 2.26. The predicted molar refractivity (Wildman–Crippen MR) is 61.8 cm³/mol. The molecule has 0 aliphatic carbocycles. The average Bonchev–Trinajstić information content (AvgIpc) is 2.26. The van der Waals surface area contributed by atoms with Crippen LogP contribution in [0.3, 0.4) is 0 Å². The highest BCUT2D eigenvalue weighted by Gasteiger charge is 2.11. The van der Waals surface area contributed by atoms with E-state index in [1.54, 1.807) is 18.2 Å². The molecule has 0 fully saturated rings. The molecule has 0 atom stereocenters. The van der Waals surface area contributed by atoms with Crippen molar-refractivity contribution in [2.24, 2.45) is 0 Å². The van der Waals surface area contributed by atoms with Crippen molar-refractivity contribution in [3.8, 4) is 5.75 Å². The standard InChI is InChI=1S/C12H15ClO2/c1-3-9(4-2)15-12-7-5-6-11(13)10(12)8-14/h5-9H,3-4H2,1-2H3. The minimum absolute atomic E-state index is 0.141. The Labute approximate surface area is 95.2 Å².